The molecule has 2 atom stereocenters. The fraction of sp³-hybridized carbons (Fsp3) is 0.923. The normalized spacial score (nSPS) is 16.4. The van der Waals surface area contributed by atoms with Crippen molar-refractivity contribution in [3.63, 3.8) is 0 Å². The summed E-state index contributed by atoms with van der Waals surface area (Å²) in [6, 6.07) is 2.20. The Morgan fingerprint density at radius 2 is 1.29 bits per heavy atom. The van der Waals surface area contributed by atoms with E-state index in [1.165, 1.54) is 0 Å². The van der Waals surface area contributed by atoms with Crippen LogP contribution in [0.2, 0.25) is 16.6 Å². The van der Waals surface area contributed by atoms with E-state index in [9.17, 15) is 0 Å². The Morgan fingerprint density at radius 1 is 0.941 bits per heavy atom. The topological polar surface area (TPSA) is 33.0 Å². The van der Waals surface area contributed by atoms with Gasteiger partial charge in [0.15, 0.2) is 0 Å². The molecule has 1 unspecified atom stereocenters. The van der Waals surface area contributed by atoms with E-state index < -0.39 is 14.4 Å². The zero-order valence-corrected chi connectivity index (χ0v) is 13.9. The van der Waals surface area contributed by atoms with E-state index in [4.69, 9.17) is 21.3 Å². The van der Waals surface area contributed by atoms with Gasteiger partial charge >= 0.3 is 0 Å². The molecule has 0 saturated carbocycles. The summed E-state index contributed by atoms with van der Waals surface area (Å²) in [4.78, 5) is 0. The van der Waals surface area contributed by atoms with E-state index in [1.54, 1.807) is 0 Å². The number of rotatable bonds is 6. The molecule has 0 aromatic heterocycles. The fourth-order valence-corrected chi connectivity index (χ4v) is 8.56. The lowest BCUT2D eigenvalue weighted by atomic mass is 10.3. The van der Waals surface area contributed by atoms with Crippen molar-refractivity contribution in [2.24, 2.45) is 0 Å². The van der Waals surface area contributed by atoms with Crippen LogP contribution in [0.1, 0.15) is 48.5 Å². The molecule has 100 valence electrons. The second-order valence-electron chi connectivity index (χ2n) is 5.66. The average Bonchev–Trinajstić information content (AvgIpc) is 2.16. The summed E-state index contributed by atoms with van der Waals surface area (Å²) in [5, 5.41) is 8.91. The van der Waals surface area contributed by atoms with Gasteiger partial charge in [-0.2, -0.15) is 5.26 Å². The highest BCUT2D eigenvalue weighted by Crippen LogP contribution is 2.43. The molecule has 0 saturated heterocycles. The highest BCUT2D eigenvalue weighted by molar-refractivity contribution is 6.77. The Labute approximate surface area is 112 Å². The van der Waals surface area contributed by atoms with Gasteiger partial charge in [-0.1, -0.05) is 41.5 Å². The van der Waals surface area contributed by atoms with Crippen molar-refractivity contribution in [2.45, 2.75) is 76.6 Å². The summed E-state index contributed by atoms with van der Waals surface area (Å²) in [6.45, 7) is 15.1. The van der Waals surface area contributed by atoms with Crippen LogP contribution in [0, 0.1) is 11.3 Å². The molecule has 0 aliphatic carbocycles. The predicted octanol–water partition coefficient (Wildman–Crippen LogP) is 4.70. The molecule has 0 aromatic carbocycles. The monoisotopic (exact) mass is 275 g/mol. The summed E-state index contributed by atoms with van der Waals surface area (Å²) < 4.78 is 6.28. The summed E-state index contributed by atoms with van der Waals surface area (Å²) in [5.41, 5.74) is 1.44. The van der Waals surface area contributed by atoms with Crippen molar-refractivity contribution < 1.29 is 4.43 Å². The minimum atomic E-state index is -1.98. The number of hydrogen-bond acceptors (Lipinski definition) is 2. The van der Waals surface area contributed by atoms with Gasteiger partial charge in [0.05, 0.1) is 11.4 Å². The lowest BCUT2D eigenvalue weighted by Crippen LogP contribution is -2.51. The van der Waals surface area contributed by atoms with Crippen LogP contribution in [0.4, 0.5) is 0 Å². The van der Waals surface area contributed by atoms with Crippen LogP contribution in [0.3, 0.4) is 0 Å². The van der Waals surface area contributed by atoms with Crippen LogP contribution in [0.15, 0.2) is 0 Å². The Hall–Kier alpha value is -0.0431. The first-order chi connectivity index (χ1) is 7.70. The van der Waals surface area contributed by atoms with Gasteiger partial charge in [0, 0.05) is 0 Å². The average molecular weight is 276 g/mol. The Kier molecular flexibility index (Phi) is 6.76. The van der Waals surface area contributed by atoms with Crippen LogP contribution in [-0.2, 0) is 4.43 Å². The van der Waals surface area contributed by atoms with Gasteiger partial charge in [-0.25, -0.2) is 0 Å². The van der Waals surface area contributed by atoms with Gasteiger partial charge in [0.2, 0.25) is 8.32 Å². The minimum Gasteiger partial charge on any atom is -0.399 e. The largest absolute Gasteiger partial charge is 0.399 e. The zero-order valence-electron chi connectivity index (χ0n) is 12.1. The van der Waals surface area contributed by atoms with Crippen molar-refractivity contribution in [3.05, 3.63) is 0 Å². The molecule has 17 heavy (non-hydrogen) atoms. The maximum absolute atomic E-state index is 9.17. The smallest absolute Gasteiger partial charge is 0.202 e. The third-order valence-corrected chi connectivity index (χ3v) is 9.89. The van der Waals surface area contributed by atoms with Crippen LogP contribution < -0.4 is 0 Å². The SMILES string of the molecule is CC(Cl)[C@@H](C#N)O[Si](C(C)C)(C(C)C)C(C)C. The molecule has 0 amide bonds. The van der Waals surface area contributed by atoms with E-state index >= 15 is 0 Å². The van der Waals surface area contributed by atoms with Gasteiger partial charge in [-0.3, -0.25) is 0 Å². The molecule has 0 heterocycles. The first-order valence-corrected chi connectivity index (χ1v) is 8.99. The van der Waals surface area contributed by atoms with Crippen molar-refractivity contribution in [3.8, 4) is 6.07 Å². The van der Waals surface area contributed by atoms with Crippen molar-refractivity contribution in [2.75, 3.05) is 0 Å². The molecule has 0 bridgehead atoms. The second-order valence-corrected chi connectivity index (χ2v) is 11.8. The fourth-order valence-electron chi connectivity index (χ4n) is 2.85. The minimum absolute atomic E-state index is 0.261. The predicted molar refractivity (Wildman–Crippen MR) is 76.8 cm³/mol. The van der Waals surface area contributed by atoms with Gasteiger partial charge in [-0.05, 0) is 23.5 Å². The van der Waals surface area contributed by atoms with Crippen LogP contribution in [-0.4, -0.2) is 19.8 Å². The van der Waals surface area contributed by atoms with Crippen molar-refractivity contribution in [1.82, 2.24) is 0 Å². The molecule has 0 spiro atoms. The van der Waals surface area contributed by atoms with Crippen LogP contribution in [0.25, 0.3) is 0 Å². The zero-order chi connectivity index (χ0) is 13.8. The highest BCUT2D eigenvalue weighted by atomic mass is 35.5. The van der Waals surface area contributed by atoms with E-state index in [2.05, 4.69) is 47.6 Å². The molecule has 2 nitrogen and oxygen atoms in total. The third kappa shape index (κ3) is 3.71. The lowest BCUT2D eigenvalue weighted by Gasteiger charge is -2.43. The number of alkyl halides is 1. The summed E-state index contributed by atoms with van der Waals surface area (Å²) in [6.07, 6.45) is -0.490. The molecular formula is C13H26ClNOSi. The molecular weight excluding hydrogens is 250 g/mol. The molecule has 0 fully saturated rings. The highest BCUT2D eigenvalue weighted by Gasteiger charge is 2.47. The second kappa shape index (κ2) is 6.77. The lowest BCUT2D eigenvalue weighted by molar-refractivity contribution is 0.221. The number of nitrogens with zero attached hydrogens (tertiary/aromatic N) is 1. The number of hydrogen-bond donors (Lipinski definition) is 0. The molecule has 0 aliphatic heterocycles. The molecule has 0 rings (SSSR count). The van der Waals surface area contributed by atoms with Crippen LogP contribution in [0.5, 0.6) is 0 Å². The third-order valence-electron chi connectivity index (χ3n) is 3.58. The van der Waals surface area contributed by atoms with Gasteiger partial charge in [0.25, 0.3) is 0 Å². The maximum Gasteiger partial charge on any atom is 0.202 e. The Bertz CT molecular complexity index is 249. The molecule has 0 radical (unpaired) electrons. The quantitative estimate of drug-likeness (QED) is 0.520. The van der Waals surface area contributed by atoms with Gasteiger partial charge in [0.1, 0.15) is 6.10 Å². The summed E-state index contributed by atoms with van der Waals surface area (Å²) >= 11 is 6.04. The summed E-state index contributed by atoms with van der Waals surface area (Å²) in [7, 11) is -1.98. The first kappa shape index (κ1) is 17.0. The molecule has 0 aromatic rings. The van der Waals surface area contributed by atoms with E-state index in [1.807, 2.05) is 6.92 Å². The standard InChI is InChI=1S/C13H26ClNOSi/c1-9(2)17(10(3)4,11(5)6)16-13(8-15)12(7)14/h9-13H,1-7H3/t12?,13-/m1/s1. The van der Waals surface area contributed by atoms with Gasteiger partial charge in [-0.15, -0.1) is 11.6 Å². The molecule has 4 heteroatoms. The van der Waals surface area contributed by atoms with Crippen molar-refractivity contribution >= 4 is 19.9 Å². The van der Waals surface area contributed by atoms with Crippen LogP contribution >= 0.6 is 11.6 Å². The van der Waals surface area contributed by atoms with E-state index in [-0.39, 0.29) is 5.38 Å². The van der Waals surface area contributed by atoms with Gasteiger partial charge < -0.3 is 4.43 Å². The molecule has 0 aliphatic rings. The summed E-state index contributed by atoms with van der Waals surface area (Å²) in [5.74, 6) is 0. The van der Waals surface area contributed by atoms with E-state index in [0.29, 0.717) is 16.6 Å². The first-order valence-electron chi connectivity index (χ1n) is 6.41. The Balaban J connectivity index is 5.26. The van der Waals surface area contributed by atoms with E-state index in [0.717, 1.165) is 0 Å². The number of halogens is 1. The maximum atomic E-state index is 9.17. The molecule has 0 N–H and O–H groups in total. The van der Waals surface area contributed by atoms with Crippen molar-refractivity contribution in [1.29, 1.82) is 5.26 Å². The Morgan fingerprint density at radius 3 is 1.47 bits per heavy atom. The number of nitriles is 1.